The Hall–Kier alpha value is 0.1000. The van der Waals surface area contributed by atoms with Gasteiger partial charge in [0.15, 0.2) is 5.96 Å². The molecule has 0 radical (unpaired) electrons. The summed E-state index contributed by atoms with van der Waals surface area (Å²) in [4.78, 5) is 8.13. The van der Waals surface area contributed by atoms with Crippen molar-refractivity contribution in [2.75, 3.05) is 39.9 Å². The van der Waals surface area contributed by atoms with Crippen molar-refractivity contribution in [3.05, 3.63) is 20.8 Å². The topological polar surface area (TPSA) is 48.9 Å². The Morgan fingerprint density at radius 1 is 1.38 bits per heavy atom. The SMILES string of the molecule is CN=C(NCc1cc(Br)cs1)NCC(C(C)C)N1CCOCC1.I. The van der Waals surface area contributed by atoms with Gasteiger partial charge in [0.2, 0.25) is 0 Å². The zero-order chi connectivity index (χ0) is 16.7. The van der Waals surface area contributed by atoms with Crippen molar-refractivity contribution in [1.82, 2.24) is 15.5 Å². The number of hydrogen-bond donors (Lipinski definition) is 2. The van der Waals surface area contributed by atoms with Gasteiger partial charge in [0.25, 0.3) is 0 Å². The fourth-order valence-electron chi connectivity index (χ4n) is 2.73. The van der Waals surface area contributed by atoms with Gasteiger partial charge in [-0.05, 0) is 27.9 Å². The van der Waals surface area contributed by atoms with Gasteiger partial charge in [-0.1, -0.05) is 13.8 Å². The second kappa shape index (κ2) is 11.7. The van der Waals surface area contributed by atoms with Crippen molar-refractivity contribution in [2.24, 2.45) is 10.9 Å². The molecule has 2 N–H and O–H groups in total. The van der Waals surface area contributed by atoms with Crippen LogP contribution in [-0.2, 0) is 11.3 Å². The quantitative estimate of drug-likeness (QED) is 0.337. The van der Waals surface area contributed by atoms with Crippen LogP contribution in [0.1, 0.15) is 18.7 Å². The summed E-state index contributed by atoms with van der Waals surface area (Å²) in [6.07, 6.45) is 0. The summed E-state index contributed by atoms with van der Waals surface area (Å²) in [5.74, 6) is 1.44. The van der Waals surface area contributed by atoms with Crippen molar-refractivity contribution in [3.8, 4) is 0 Å². The maximum Gasteiger partial charge on any atom is 0.191 e. The van der Waals surface area contributed by atoms with Gasteiger partial charge in [-0.25, -0.2) is 0 Å². The monoisotopic (exact) mass is 530 g/mol. The average molecular weight is 531 g/mol. The second-order valence-electron chi connectivity index (χ2n) is 6.00. The van der Waals surface area contributed by atoms with Gasteiger partial charge in [-0.2, -0.15) is 0 Å². The number of rotatable bonds is 6. The van der Waals surface area contributed by atoms with Gasteiger partial charge in [0.05, 0.1) is 19.8 Å². The van der Waals surface area contributed by atoms with E-state index in [4.69, 9.17) is 4.74 Å². The van der Waals surface area contributed by atoms with E-state index in [1.165, 1.54) is 4.88 Å². The number of guanidine groups is 1. The first kappa shape index (κ1) is 22.1. The Morgan fingerprint density at radius 2 is 2.08 bits per heavy atom. The standard InChI is InChI=1S/C16H27BrN4OS.HI/c1-12(2)15(21-4-6-22-7-5-21)10-20-16(18-3)19-9-14-8-13(17)11-23-14;/h8,11-12,15H,4-7,9-10H2,1-3H3,(H2,18,19,20);1H. The molecule has 2 heterocycles. The largest absolute Gasteiger partial charge is 0.379 e. The van der Waals surface area contributed by atoms with Crippen molar-refractivity contribution in [3.63, 3.8) is 0 Å². The van der Waals surface area contributed by atoms with Crippen LogP contribution in [0.3, 0.4) is 0 Å². The van der Waals surface area contributed by atoms with Crippen LogP contribution in [0.2, 0.25) is 0 Å². The highest BCUT2D eigenvalue weighted by Crippen LogP contribution is 2.19. The second-order valence-corrected chi connectivity index (χ2v) is 7.91. The summed E-state index contributed by atoms with van der Waals surface area (Å²) < 4.78 is 6.60. The van der Waals surface area contributed by atoms with E-state index in [-0.39, 0.29) is 24.0 Å². The summed E-state index contributed by atoms with van der Waals surface area (Å²) in [5, 5.41) is 8.95. The zero-order valence-corrected chi connectivity index (χ0v) is 19.3. The molecule has 1 atom stereocenters. The molecule has 1 saturated heterocycles. The van der Waals surface area contributed by atoms with Crippen LogP contribution in [0.5, 0.6) is 0 Å². The smallest absolute Gasteiger partial charge is 0.191 e. The fourth-order valence-corrected chi connectivity index (χ4v) is 4.13. The summed E-state index contributed by atoms with van der Waals surface area (Å²) in [6, 6.07) is 2.63. The molecule has 8 heteroatoms. The molecule has 0 spiro atoms. The molecule has 0 saturated carbocycles. The van der Waals surface area contributed by atoms with Crippen LogP contribution in [0, 0.1) is 5.92 Å². The number of aliphatic imine (C=N–C) groups is 1. The number of nitrogens with one attached hydrogen (secondary N) is 2. The van der Waals surface area contributed by atoms with E-state index in [1.54, 1.807) is 11.3 Å². The van der Waals surface area contributed by atoms with Crippen molar-refractivity contribution in [1.29, 1.82) is 0 Å². The van der Waals surface area contributed by atoms with Gasteiger partial charge in [-0.15, -0.1) is 35.3 Å². The van der Waals surface area contributed by atoms with E-state index >= 15 is 0 Å². The number of thiophene rings is 1. The Balaban J connectivity index is 0.00000288. The normalized spacial score (nSPS) is 17.5. The Labute approximate surface area is 174 Å². The van der Waals surface area contributed by atoms with Gasteiger partial charge >= 0.3 is 0 Å². The molecule has 1 fully saturated rings. The minimum atomic E-state index is 0. The van der Waals surface area contributed by atoms with Gasteiger partial charge < -0.3 is 15.4 Å². The number of hydrogen-bond acceptors (Lipinski definition) is 4. The molecule has 1 aromatic rings. The minimum absolute atomic E-state index is 0. The minimum Gasteiger partial charge on any atom is -0.379 e. The maximum absolute atomic E-state index is 5.47. The summed E-state index contributed by atoms with van der Waals surface area (Å²) >= 11 is 5.23. The van der Waals surface area contributed by atoms with E-state index in [2.05, 4.69) is 61.7 Å². The molecule has 0 aromatic carbocycles. The Kier molecular flexibility index (Phi) is 10.8. The molecule has 24 heavy (non-hydrogen) atoms. The number of halogens is 2. The first-order valence-electron chi connectivity index (χ1n) is 8.09. The van der Waals surface area contributed by atoms with Crippen LogP contribution in [0.25, 0.3) is 0 Å². The summed E-state index contributed by atoms with van der Waals surface area (Å²) in [7, 11) is 1.82. The molecule has 0 amide bonds. The molecule has 138 valence electrons. The highest BCUT2D eigenvalue weighted by molar-refractivity contribution is 14.0. The van der Waals surface area contributed by atoms with E-state index in [9.17, 15) is 0 Å². The summed E-state index contributed by atoms with van der Waals surface area (Å²) in [6.45, 7) is 9.94. The highest BCUT2D eigenvalue weighted by atomic mass is 127. The average Bonchev–Trinajstić information content (AvgIpc) is 2.96. The first-order valence-corrected chi connectivity index (χ1v) is 9.76. The lowest BCUT2D eigenvalue weighted by atomic mass is 10.0. The van der Waals surface area contributed by atoms with E-state index in [1.807, 2.05) is 7.05 Å². The van der Waals surface area contributed by atoms with Crippen LogP contribution in [0.15, 0.2) is 20.9 Å². The van der Waals surface area contributed by atoms with E-state index in [0.29, 0.717) is 12.0 Å². The van der Waals surface area contributed by atoms with Crippen LogP contribution in [-0.4, -0.2) is 56.8 Å². The van der Waals surface area contributed by atoms with Crippen molar-refractivity contribution in [2.45, 2.75) is 26.4 Å². The van der Waals surface area contributed by atoms with Crippen molar-refractivity contribution < 1.29 is 4.74 Å². The van der Waals surface area contributed by atoms with Gasteiger partial charge in [-0.3, -0.25) is 9.89 Å². The lowest BCUT2D eigenvalue weighted by molar-refractivity contribution is 0.00752. The molecule has 1 aliphatic heterocycles. The van der Waals surface area contributed by atoms with Crippen LogP contribution in [0.4, 0.5) is 0 Å². The predicted molar refractivity (Wildman–Crippen MR) is 117 cm³/mol. The van der Waals surface area contributed by atoms with E-state index < -0.39 is 0 Å². The Morgan fingerprint density at radius 3 is 2.62 bits per heavy atom. The number of nitrogens with zero attached hydrogens (tertiary/aromatic N) is 2. The Bertz CT molecular complexity index is 506. The van der Waals surface area contributed by atoms with Crippen LogP contribution < -0.4 is 10.6 Å². The van der Waals surface area contributed by atoms with Gasteiger partial charge in [0, 0.05) is 47.5 Å². The lowest BCUT2D eigenvalue weighted by Gasteiger charge is -2.37. The molecule has 1 aliphatic rings. The molecule has 1 unspecified atom stereocenters. The highest BCUT2D eigenvalue weighted by Gasteiger charge is 2.23. The molecular weight excluding hydrogens is 503 g/mol. The fraction of sp³-hybridized carbons (Fsp3) is 0.688. The zero-order valence-electron chi connectivity index (χ0n) is 14.5. The maximum atomic E-state index is 5.47. The van der Waals surface area contributed by atoms with E-state index in [0.717, 1.165) is 49.8 Å². The van der Waals surface area contributed by atoms with Crippen molar-refractivity contribution >= 4 is 57.2 Å². The van der Waals surface area contributed by atoms with Crippen LogP contribution >= 0.6 is 51.2 Å². The third-order valence-corrected chi connectivity index (χ3v) is 5.74. The number of morpholine rings is 1. The molecule has 0 aliphatic carbocycles. The third kappa shape index (κ3) is 7.15. The first-order chi connectivity index (χ1) is 11.1. The third-order valence-electron chi connectivity index (χ3n) is 4.04. The summed E-state index contributed by atoms with van der Waals surface area (Å²) in [5.41, 5.74) is 0. The molecule has 1 aromatic heterocycles. The predicted octanol–water partition coefficient (Wildman–Crippen LogP) is 3.15. The molecule has 2 rings (SSSR count). The lowest BCUT2D eigenvalue weighted by Crippen LogP contribution is -2.52. The molecule has 5 nitrogen and oxygen atoms in total. The van der Waals surface area contributed by atoms with Gasteiger partial charge in [0.1, 0.15) is 0 Å². The number of ether oxygens (including phenoxy) is 1. The molecule has 0 bridgehead atoms. The molecular formula is C16H28BrIN4OS.